The Kier molecular flexibility index (Phi) is 4.81. The maximum Gasteiger partial charge on any atom is 0.356 e. The fourth-order valence-corrected chi connectivity index (χ4v) is 2.69. The van der Waals surface area contributed by atoms with Gasteiger partial charge in [0, 0.05) is 6.61 Å². The Morgan fingerprint density at radius 1 is 1.17 bits per heavy atom. The molecular weight excluding hydrogens is 310 g/mol. The van der Waals surface area contributed by atoms with Gasteiger partial charge in [0.2, 0.25) is 0 Å². The lowest BCUT2D eigenvalue weighted by atomic mass is 9.99. The molecule has 1 amide bonds. The summed E-state index contributed by atoms with van der Waals surface area (Å²) in [5, 5.41) is 11.8. The van der Waals surface area contributed by atoms with Crippen LogP contribution in [0, 0.1) is 0 Å². The first-order chi connectivity index (χ1) is 11.6. The van der Waals surface area contributed by atoms with E-state index in [0.717, 1.165) is 30.8 Å². The highest BCUT2D eigenvalue weighted by molar-refractivity contribution is 5.93. The van der Waals surface area contributed by atoms with Gasteiger partial charge in [-0.25, -0.2) is 14.8 Å². The normalized spacial score (nSPS) is 18.1. The van der Waals surface area contributed by atoms with Gasteiger partial charge in [-0.05, 0) is 18.4 Å². The molecule has 1 aromatic carbocycles. The van der Waals surface area contributed by atoms with Gasteiger partial charge in [-0.2, -0.15) is 0 Å². The zero-order valence-corrected chi connectivity index (χ0v) is 12.9. The summed E-state index contributed by atoms with van der Waals surface area (Å²) in [6.45, 7) is 0.678. The molecule has 2 atom stereocenters. The molecule has 0 saturated carbocycles. The number of nitrogens with zero attached hydrogens (tertiary/aromatic N) is 2. The molecule has 2 aromatic rings. The maximum absolute atomic E-state index is 12.4. The third-order valence-corrected chi connectivity index (χ3v) is 3.89. The van der Waals surface area contributed by atoms with E-state index in [1.165, 1.54) is 0 Å². The minimum atomic E-state index is -1.18. The molecule has 1 aromatic heterocycles. The van der Waals surface area contributed by atoms with E-state index in [0.29, 0.717) is 6.61 Å². The lowest BCUT2D eigenvalue weighted by Crippen LogP contribution is -2.36. The molecule has 1 saturated heterocycles. The van der Waals surface area contributed by atoms with Gasteiger partial charge in [-0.1, -0.05) is 30.3 Å². The van der Waals surface area contributed by atoms with Crippen molar-refractivity contribution in [1.82, 2.24) is 15.3 Å². The van der Waals surface area contributed by atoms with E-state index in [9.17, 15) is 9.59 Å². The number of aromatic nitrogens is 2. The van der Waals surface area contributed by atoms with Gasteiger partial charge in [0.15, 0.2) is 5.69 Å². The van der Waals surface area contributed by atoms with E-state index in [1.54, 1.807) is 0 Å². The van der Waals surface area contributed by atoms with Crippen molar-refractivity contribution in [2.45, 2.75) is 25.0 Å². The van der Waals surface area contributed by atoms with E-state index in [2.05, 4.69) is 15.3 Å². The minimum absolute atomic E-state index is 0.0685. The molecule has 2 unspecified atom stereocenters. The summed E-state index contributed by atoms with van der Waals surface area (Å²) in [6, 6.07) is 9.31. The van der Waals surface area contributed by atoms with Crippen molar-refractivity contribution in [1.29, 1.82) is 0 Å². The van der Waals surface area contributed by atoms with Gasteiger partial charge < -0.3 is 15.2 Å². The third kappa shape index (κ3) is 3.57. The molecular formula is C17H17N3O4. The van der Waals surface area contributed by atoms with Crippen LogP contribution in [-0.4, -0.2) is 39.7 Å². The van der Waals surface area contributed by atoms with Crippen LogP contribution in [0.5, 0.6) is 0 Å². The Morgan fingerprint density at radius 3 is 2.46 bits per heavy atom. The predicted molar refractivity (Wildman–Crippen MR) is 84.6 cm³/mol. The maximum atomic E-state index is 12.4. The van der Waals surface area contributed by atoms with Crippen molar-refractivity contribution in [2.24, 2.45) is 0 Å². The van der Waals surface area contributed by atoms with Gasteiger partial charge >= 0.3 is 5.97 Å². The molecule has 2 N–H and O–H groups in total. The van der Waals surface area contributed by atoms with E-state index >= 15 is 0 Å². The average Bonchev–Trinajstić information content (AvgIpc) is 3.14. The number of nitrogens with one attached hydrogen (secondary N) is 1. The van der Waals surface area contributed by atoms with Crippen LogP contribution in [0.1, 0.15) is 45.4 Å². The third-order valence-electron chi connectivity index (χ3n) is 3.89. The first-order valence-electron chi connectivity index (χ1n) is 7.68. The summed E-state index contributed by atoms with van der Waals surface area (Å²) in [6.07, 6.45) is 3.96. The summed E-state index contributed by atoms with van der Waals surface area (Å²) in [5.41, 5.74) is 0.817. The number of ether oxygens (including phenoxy) is 1. The van der Waals surface area contributed by atoms with E-state index < -0.39 is 11.9 Å². The Bertz CT molecular complexity index is 712. The largest absolute Gasteiger partial charge is 0.476 e. The molecule has 1 aliphatic rings. The standard InChI is InChI=1S/C17H17N3O4/c21-16(12-9-19-13(10-18-12)17(22)23)20-15(14-7-4-8-24-14)11-5-2-1-3-6-11/h1-3,5-6,9-10,14-15H,4,7-8H2,(H,20,21)(H,22,23). The molecule has 0 radical (unpaired) electrons. The lowest BCUT2D eigenvalue weighted by Gasteiger charge is -2.24. The Hall–Kier alpha value is -2.80. The number of rotatable bonds is 5. The zero-order chi connectivity index (χ0) is 16.9. The van der Waals surface area contributed by atoms with Crippen molar-refractivity contribution in [3.05, 3.63) is 59.7 Å². The monoisotopic (exact) mass is 327 g/mol. The second kappa shape index (κ2) is 7.18. The second-order valence-corrected chi connectivity index (χ2v) is 5.51. The highest BCUT2D eigenvalue weighted by atomic mass is 16.5. The molecule has 2 heterocycles. The molecule has 7 nitrogen and oxygen atoms in total. The molecule has 7 heteroatoms. The zero-order valence-electron chi connectivity index (χ0n) is 12.9. The van der Waals surface area contributed by atoms with Crippen LogP contribution >= 0.6 is 0 Å². The number of carboxylic acids is 1. The summed E-state index contributed by atoms with van der Waals surface area (Å²) in [5.74, 6) is -1.60. The van der Waals surface area contributed by atoms with Crippen LogP contribution < -0.4 is 5.32 Å². The molecule has 1 fully saturated rings. The van der Waals surface area contributed by atoms with Crippen LogP contribution in [0.15, 0.2) is 42.7 Å². The van der Waals surface area contributed by atoms with Crippen molar-refractivity contribution in [2.75, 3.05) is 6.61 Å². The van der Waals surface area contributed by atoms with Crippen LogP contribution in [0.4, 0.5) is 0 Å². The van der Waals surface area contributed by atoms with Gasteiger partial charge in [0.25, 0.3) is 5.91 Å². The molecule has 3 rings (SSSR count). The van der Waals surface area contributed by atoms with Gasteiger partial charge in [-0.15, -0.1) is 0 Å². The van der Waals surface area contributed by atoms with Crippen molar-refractivity contribution < 1.29 is 19.4 Å². The van der Waals surface area contributed by atoms with Crippen molar-refractivity contribution in [3.63, 3.8) is 0 Å². The van der Waals surface area contributed by atoms with Gasteiger partial charge in [-0.3, -0.25) is 4.79 Å². The number of carbonyl (C=O) groups excluding carboxylic acids is 1. The first kappa shape index (κ1) is 16.1. The summed E-state index contributed by atoms with van der Waals surface area (Å²) >= 11 is 0. The van der Waals surface area contributed by atoms with E-state index in [-0.39, 0.29) is 23.5 Å². The fraction of sp³-hybridized carbons (Fsp3) is 0.294. The Morgan fingerprint density at radius 2 is 1.88 bits per heavy atom. The number of benzene rings is 1. The molecule has 124 valence electrons. The number of amides is 1. The smallest absolute Gasteiger partial charge is 0.356 e. The number of hydrogen-bond donors (Lipinski definition) is 2. The van der Waals surface area contributed by atoms with Crippen molar-refractivity contribution in [3.8, 4) is 0 Å². The van der Waals surface area contributed by atoms with Crippen LogP contribution in [0.25, 0.3) is 0 Å². The Labute approximate surface area is 138 Å². The number of hydrogen-bond acceptors (Lipinski definition) is 5. The molecule has 0 aliphatic carbocycles. The Balaban J connectivity index is 1.79. The predicted octanol–water partition coefficient (Wildman–Crippen LogP) is 1.82. The number of carboxylic acid groups (broad SMARTS) is 1. The number of aromatic carboxylic acids is 1. The topological polar surface area (TPSA) is 101 Å². The lowest BCUT2D eigenvalue weighted by molar-refractivity contribution is 0.0666. The number of carbonyl (C=O) groups is 2. The highest BCUT2D eigenvalue weighted by Gasteiger charge is 2.29. The van der Waals surface area contributed by atoms with Crippen LogP contribution in [0.2, 0.25) is 0 Å². The summed E-state index contributed by atoms with van der Waals surface area (Å²) in [7, 11) is 0. The van der Waals surface area contributed by atoms with Crippen LogP contribution in [-0.2, 0) is 4.74 Å². The summed E-state index contributed by atoms with van der Waals surface area (Å²) < 4.78 is 5.73. The SMILES string of the molecule is O=C(O)c1cnc(C(=O)NC(c2ccccc2)C2CCCO2)cn1. The summed E-state index contributed by atoms with van der Waals surface area (Å²) in [4.78, 5) is 30.8. The van der Waals surface area contributed by atoms with Gasteiger partial charge in [0.05, 0.1) is 24.5 Å². The van der Waals surface area contributed by atoms with E-state index in [1.807, 2.05) is 30.3 Å². The quantitative estimate of drug-likeness (QED) is 0.868. The minimum Gasteiger partial charge on any atom is -0.476 e. The first-order valence-corrected chi connectivity index (χ1v) is 7.68. The molecule has 1 aliphatic heterocycles. The molecule has 0 bridgehead atoms. The van der Waals surface area contributed by atoms with Crippen molar-refractivity contribution >= 4 is 11.9 Å². The highest BCUT2D eigenvalue weighted by Crippen LogP contribution is 2.27. The van der Waals surface area contributed by atoms with E-state index in [4.69, 9.17) is 9.84 Å². The van der Waals surface area contributed by atoms with Gasteiger partial charge in [0.1, 0.15) is 5.69 Å². The molecule has 24 heavy (non-hydrogen) atoms. The molecule has 0 spiro atoms. The average molecular weight is 327 g/mol. The van der Waals surface area contributed by atoms with Crippen LogP contribution in [0.3, 0.4) is 0 Å². The fourth-order valence-electron chi connectivity index (χ4n) is 2.69. The second-order valence-electron chi connectivity index (χ2n) is 5.51.